The van der Waals surface area contributed by atoms with Gasteiger partial charge in [0.05, 0.1) is 11.4 Å². The van der Waals surface area contributed by atoms with E-state index >= 15 is 0 Å². The third-order valence-electron chi connectivity index (χ3n) is 3.50. The highest BCUT2D eigenvalue weighted by atomic mass is 15.0. The van der Waals surface area contributed by atoms with Gasteiger partial charge in [0.1, 0.15) is 5.69 Å². The van der Waals surface area contributed by atoms with Gasteiger partial charge in [-0.15, -0.1) is 0 Å². The Kier molecular flexibility index (Phi) is 4.38. The van der Waals surface area contributed by atoms with Gasteiger partial charge in [0, 0.05) is 12.1 Å². The second-order valence-corrected chi connectivity index (χ2v) is 5.34. The quantitative estimate of drug-likeness (QED) is 0.904. The summed E-state index contributed by atoms with van der Waals surface area (Å²) < 4.78 is 0. The number of aryl methyl sites for hydroxylation is 4. The van der Waals surface area contributed by atoms with Gasteiger partial charge in [0.2, 0.25) is 0 Å². The van der Waals surface area contributed by atoms with Gasteiger partial charge in [0.15, 0.2) is 5.82 Å². The maximum atomic E-state index is 4.77. The van der Waals surface area contributed by atoms with E-state index < -0.39 is 0 Å². The van der Waals surface area contributed by atoms with Crippen molar-refractivity contribution in [2.24, 2.45) is 0 Å². The van der Waals surface area contributed by atoms with E-state index in [0.29, 0.717) is 0 Å². The fourth-order valence-electron chi connectivity index (χ4n) is 2.15. The molecule has 1 aromatic carbocycles. The molecule has 0 bridgehead atoms. The van der Waals surface area contributed by atoms with E-state index in [1.165, 1.54) is 16.7 Å². The van der Waals surface area contributed by atoms with E-state index in [9.17, 15) is 0 Å². The van der Waals surface area contributed by atoms with Crippen molar-refractivity contribution in [2.45, 2.75) is 41.0 Å². The summed E-state index contributed by atoms with van der Waals surface area (Å²) in [4.78, 5) is 9.46. The molecule has 2 aromatic rings. The molecule has 1 N–H and O–H groups in total. The van der Waals surface area contributed by atoms with Gasteiger partial charge in [0.25, 0.3) is 0 Å². The van der Waals surface area contributed by atoms with Crippen LogP contribution < -0.4 is 5.32 Å². The van der Waals surface area contributed by atoms with Gasteiger partial charge < -0.3 is 5.32 Å². The molecule has 0 unspecified atom stereocenters. The van der Waals surface area contributed by atoms with E-state index in [0.717, 1.165) is 35.9 Å². The summed E-state index contributed by atoms with van der Waals surface area (Å²) in [5, 5.41) is 3.40. The lowest BCUT2D eigenvalue weighted by molar-refractivity contribution is 0.953. The molecule has 0 spiro atoms. The van der Waals surface area contributed by atoms with Gasteiger partial charge in [-0.2, -0.15) is 0 Å². The van der Waals surface area contributed by atoms with Crippen molar-refractivity contribution in [1.29, 1.82) is 0 Å². The first-order valence-corrected chi connectivity index (χ1v) is 7.19. The molecule has 0 radical (unpaired) electrons. The van der Waals surface area contributed by atoms with Crippen molar-refractivity contribution in [3.8, 4) is 11.3 Å². The molecule has 0 fully saturated rings. The monoisotopic (exact) mass is 269 g/mol. The zero-order valence-corrected chi connectivity index (χ0v) is 13.0. The fraction of sp³-hybridized carbons (Fsp3) is 0.412. The standard InChI is InChI=1S/C17H23N3/c1-6-9-18-17-16(19-13(4)14(5)20-17)15-10-11(2)7-8-12(15)3/h7-8,10H,6,9H2,1-5H3,(H,18,20). The summed E-state index contributed by atoms with van der Waals surface area (Å²) in [5.74, 6) is 0.892. The number of hydrogen-bond donors (Lipinski definition) is 1. The van der Waals surface area contributed by atoms with Crippen LogP contribution in [0.3, 0.4) is 0 Å². The first-order chi connectivity index (χ1) is 9.52. The minimum absolute atomic E-state index is 0.892. The minimum Gasteiger partial charge on any atom is -0.368 e. The Bertz CT molecular complexity index is 618. The van der Waals surface area contributed by atoms with Gasteiger partial charge in [-0.25, -0.2) is 9.97 Å². The molecule has 3 nitrogen and oxygen atoms in total. The molecular formula is C17H23N3. The molecular weight excluding hydrogens is 246 g/mol. The lowest BCUT2D eigenvalue weighted by Crippen LogP contribution is -2.08. The van der Waals surface area contributed by atoms with Gasteiger partial charge >= 0.3 is 0 Å². The summed E-state index contributed by atoms with van der Waals surface area (Å²) in [7, 11) is 0. The molecule has 0 aliphatic carbocycles. The zero-order chi connectivity index (χ0) is 14.7. The van der Waals surface area contributed by atoms with Crippen LogP contribution >= 0.6 is 0 Å². The summed E-state index contributed by atoms with van der Waals surface area (Å²) in [6.45, 7) is 11.3. The Labute approximate surface area is 121 Å². The number of hydrogen-bond acceptors (Lipinski definition) is 3. The van der Waals surface area contributed by atoms with E-state index in [1.807, 2.05) is 13.8 Å². The SMILES string of the molecule is CCCNc1nc(C)c(C)nc1-c1cc(C)ccc1C. The lowest BCUT2D eigenvalue weighted by atomic mass is 10.0. The molecule has 0 aliphatic rings. The lowest BCUT2D eigenvalue weighted by Gasteiger charge is -2.14. The Morgan fingerprint density at radius 2 is 1.70 bits per heavy atom. The molecule has 1 aromatic heterocycles. The van der Waals surface area contributed by atoms with Crippen LogP contribution in [-0.4, -0.2) is 16.5 Å². The molecule has 3 heteroatoms. The van der Waals surface area contributed by atoms with Crippen LogP contribution in [0.1, 0.15) is 35.9 Å². The molecule has 20 heavy (non-hydrogen) atoms. The third-order valence-corrected chi connectivity index (χ3v) is 3.50. The molecule has 0 saturated heterocycles. The van der Waals surface area contributed by atoms with E-state index in [2.05, 4.69) is 49.3 Å². The predicted octanol–water partition coefficient (Wildman–Crippen LogP) is 4.20. The maximum absolute atomic E-state index is 4.77. The first kappa shape index (κ1) is 14.5. The van der Waals surface area contributed by atoms with Crippen LogP contribution in [0.25, 0.3) is 11.3 Å². The molecule has 1 heterocycles. The van der Waals surface area contributed by atoms with E-state index in [1.54, 1.807) is 0 Å². The second kappa shape index (κ2) is 6.04. The average Bonchev–Trinajstić information content (AvgIpc) is 2.42. The van der Waals surface area contributed by atoms with Crippen molar-refractivity contribution in [3.63, 3.8) is 0 Å². The number of nitrogens with zero attached hydrogens (tertiary/aromatic N) is 2. The topological polar surface area (TPSA) is 37.8 Å². The van der Waals surface area contributed by atoms with Crippen LogP contribution in [0.4, 0.5) is 5.82 Å². The summed E-state index contributed by atoms with van der Waals surface area (Å²) >= 11 is 0. The third kappa shape index (κ3) is 2.98. The molecule has 2 rings (SSSR count). The van der Waals surface area contributed by atoms with E-state index in [-0.39, 0.29) is 0 Å². The van der Waals surface area contributed by atoms with Crippen molar-refractivity contribution in [3.05, 3.63) is 40.7 Å². The summed E-state index contributed by atoms with van der Waals surface area (Å²) in [6.07, 6.45) is 1.07. The van der Waals surface area contributed by atoms with Crippen LogP contribution in [0.2, 0.25) is 0 Å². The minimum atomic E-state index is 0.892. The summed E-state index contributed by atoms with van der Waals surface area (Å²) in [5.41, 5.74) is 6.57. The van der Waals surface area contributed by atoms with Crippen molar-refractivity contribution >= 4 is 5.82 Å². The molecule has 0 aliphatic heterocycles. The molecule has 0 atom stereocenters. The highest BCUT2D eigenvalue weighted by Crippen LogP contribution is 2.29. The van der Waals surface area contributed by atoms with Crippen molar-refractivity contribution in [1.82, 2.24) is 9.97 Å². The molecule has 106 valence electrons. The van der Waals surface area contributed by atoms with Crippen LogP contribution in [0, 0.1) is 27.7 Å². The van der Waals surface area contributed by atoms with Gasteiger partial charge in [-0.1, -0.05) is 24.6 Å². The Balaban J connectivity index is 2.58. The molecule has 0 amide bonds. The molecule has 0 saturated carbocycles. The van der Waals surface area contributed by atoms with Crippen LogP contribution in [-0.2, 0) is 0 Å². The Morgan fingerprint density at radius 3 is 2.40 bits per heavy atom. The summed E-state index contributed by atoms with van der Waals surface area (Å²) in [6, 6.07) is 6.46. The maximum Gasteiger partial charge on any atom is 0.152 e. The average molecular weight is 269 g/mol. The van der Waals surface area contributed by atoms with Gasteiger partial charge in [-0.05, 0) is 45.7 Å². The fourth-order valence-corrected chi connectivity index (χ4v) is 2.15. The number of anilines is 1. The zero-order valence-electron chi connectivity index (χ0n) is 13.0. The normalized spacial score (nSPS) is 10.7. The number of aromatic nitrogens is 2. The predicted molar refractivity (Wildman–Crippen MR) is 85.2 cm³/mol. The number of rotatable bonds is 4. The van der Waals surface area contributed by atoms with Crippen molar-refractivity contribution < 1.29 is 0 Å². The largest absolute Gasteiger partial charge is 0.368 e. The second-order valence-electron chi connectivity index (χ2n) is 5.34. The highest BCUT2D eigenvalue weighted by Gasteiger charge is 2.13. The first-order valence-electron chi connectivity index (χ1n) is 7.19. The Morgan fingerprint density at radius 1 is 1.00 bits per heavy atom. The van der Waals surface area contributed by atoms with Crippen LogP contribution in [0.5, 0.6) is 0 Å². The smallest absolute Gasteiger partial charge is 0.152 e. The number of nitrogens with one attached hydrogen (secondary N) is 1. The highest BCUT2D eigenvalue weighted by molar-refractivity contribution is 5.74. The van der Waals surface area contributed by atoms with Crippen LogP contribution in [0.15, 0.2) is 18.2 Å². The van der Waals surface area contributed by atoms with Crippen molar-refractivity contribution in [2.75, 3.05) is 11.9 Å². The number of benzene rings is 1. The van der Waals surface area contributed by atoms with E-state index in [4.69, 9.17) is 4.98 Å². The van der Waals surface area contributed by atoms with Gasteiger partial charge in [-0.3, -0.25) is 0 Å². The Hall–Kier alpha value is -1.90.